The summed E-state index contributed by atoms with van der Waals surface area (Å²) in [5.41, 5.74) is 3.03. The standard InChI is InChI=1S/C15H23F3N2/c1-4-8-19-11-13-10-12(2)5-6-14(13)20(3)9-7-15(16,17)18/h5-6,10,19H,4,7-9,11H2,1-3H3. The Hall–Kier alpha value is -1.23. The van der Waals surface area contributed by atoms with E-state index < -0.39 is 12.6 Å². The van der Waals surface area contributed by atoms with Crippen LogP contribution < -0.4 is 10.2 Å². The molecule has 0 radical (unpaired) electrons. The van der Waals surface area contributed by atoms with Gasteiger partial charge in [-0.3, -0.25) is 0 Å². The quantitative estimate of drug-likeness (QED) is 0.766. The molecule has 0 aliphatic carbocycles. The molecule has 114 valence electrons. The molecule has 20 heavy (non-hydrogen) atoms. The fraction of sp³-hybridized carbons (Fsp3) is 0.600. The predicted octanol–water partition coefficient (Wildman–Crippen LogP) is 3.88. The molecular formula is C15H23F3N2. The van der Waals surface area contributed by atoms with Crippen LogP contribution in [0.4, 0.5) is 18.9 Å². The van der Waals surface area contributed by atoms with Crippen molar-refractivity contribution >= 4 is 5.69 Å². The third-order valence-corrected chi connectivity index (χ3v) is 3.12. The van der Waals surface area contributed by atoms with Crippen LogP contribution >= 0.6 is 0 Å². The number of hydrogen-bond donors (Lipinski definition) is 1. The van der Waals surface area contributed by atoms with E-state index in [1.807, 2.05) is 25.1 Å². The number of halogens is 3. The second-order valence-electron chi connectivity index (χ2n) is 5.10. The second-order valence-corrected chi connectivity index (χ2v) is 5.10. The first-order valence-corrected chi connectivity index (χ1v) is 6.91. The Morgan fingerprint density at radius 2 is 1.95 bits per heavy atom. The molecular weight excluding hydrogens is 265 g/mol. The van der Waals surface area contributed by atoms with Crippen LogP contribution in [0, 0.1) is 6.92 Å². The fourth-order valence-electron chi connectivity index (χ4n) is 2.04. The number of nitrogens with zero attached hydrogens (tertiary/aromatic N) is 1. The van der Waals surface area contributed by atoms with Crippen molar-refractivity contribution < 1.29 is 13.2 Å². The number of hydrogen-bond acceptors (Lipinski definition) is 2. The molecule has 0 aliphatic rings. The van der Waals surface area contributed by atoms with Crippen molar-refractivity contribution in [3.05, 3.63) is 29.3 Å². The molecule has 0 aliphatic heterocycles. The van der Waals surface area contributed by atoms with Gasteiger partial charge in [-0.1, -0.05) is 24.6 Å². The van der Waals surface area contributed by atoms with Crippen molar-refractivity contribution in [3.63, 3.8) is 0 Å². The highest BCUT2D eigenvalue weighted by atomic mass is 19.4. The van der Waals surface area contributed by atoms with Gasteiger partial charge in [0, 0.05) is 25.8 Å². The van der Waals surface area contributed by atoms with Crippen LogP contribution in [0.15, 0.2) is 18.2 Å². The molecule has 0 amide bonds. The molecule has 0 heterocycles. The second kappa shape index (κ2) is 7.53. The van der Waals surface area contributed by atoms with E-state index in [0.717, 1.165) is 29.8 Å². The van der Waals surface area contributed by atoms with Gasteiger partial charge in [-0.25, -0.2) is 0 Å². The molecule has 2 nitrogen and oxygen atoms in total. The Balaban J connectivity index is 2.76. The number of alkyl halides is 3. The summed E-state index contributed by atoms with van der Waals surface area (Å²) in [5, 5.41) is 3.30. The van der Waals surface area contributed by atoms with E-state index in [9.17, 15) is 13.2 Å². The van der Waals surface area contributed by atoms with Crippen LogP contribution in [0.5, 0.6) is 0 Å². The molecule has 0 unspecified atom stereocenters. The van der Waals surface area contributed by atoms with E-state index >= 15 is 0 Å². The maximum atomic E-state index is 12.3. The number of aryl methyl sites for hydroxylation is 1. The van der Waals surface area contributed by atoms with Crippen LogP contribution in [0.2, 0.25) is 0 Å². The Labute approximate surface area is 119 Å². The van der Waals surface area contributed by atoms with Crippen LogP contribution in [-0.4, -0.2) is 26.3 Å². The Bertz CT molecular complexity index is 416. The van der Waals surface area contributed by atoms with Gasteiger partial charge in [-0.05, 0) is 31.5 Å². The van der Waals surface area contributed by atoms with Crippen LogP contribution in [0.1, 0.15) is 30.9 Å². The van der Waals surface area contributed by atoms with Crippen LogP contribution in [0.3, 0.4) is 0 Å². The van der Waals surface area contributed by atoms with E-state index in [4.69, 9.17) is 0 Å². The molecule has 5 heteroatoms. The lowest BCUT2D eigenvalue weighted by atomic mass is 10.1. The molecule has 1 N–H and O–H groups in total. The third kappa shape index (κ3) is 5.82. The topological polar surface area (TPSA) is 15.3 Å². The van der Waals surface area contributed by atoms with Crippen molar-refractivity contribution in [2.45, 2.75) is 39.4 Å². The summed E-state index contributed by atoms with van der Waals surface area (Å²) in [7, 11) is 1.71. The molecule has 0 fully saturated rings. The highest BCUT2D eigenvalue weighted by Crippen LogP contribution is 2.24. The van der Waals surface area contributed by atoms with Gasteiger partial charge in [0.15, 0.2) is 0 Å². The molecule has 0 saturated heterocycles. The van der Waals surface area contributed by atoms with Gasteiger partial charge in [-0.15, -0.1) is 0 Å². The lowest BCUT2D eigenvalue weighted by molar-refractivity contribution is -0.132. The van der Waals surface area contributed by atoms with Gasteiger partial charge >= 0.3 is 6.18 Å². The fourth-order valence-corrected chi connectivity index (χ4v) is 2.04. The molecule has 0 spiro atoms. The number of benzene rings is 1. The smallest absolute Gasteiger partial charge is 0.374 e. The summed E-state index contributed by atoms with van der Waals surface area (Å²) in [6.07, 6.45) is -3.87. The summed E-state index contributed by atoms with van der Waals surface area (Å²) in [5.74, 6) is 0. The maximum absolute atomic E-state index is 12.3. The molecule has 0 saturated carbocycles. The van der Waals surface area contributed by atoms with Gasteiger partial charge in [0.25, 0.3) is 0 Å². The predicted molar refractivity (Wildman–Crippen MR) is 77.1 cm³/mol. The summed E-state index contributed by atoms with van der Waals surface area (Å²) in [6.45, 7) is 5.64. The summed E-state index contributed by atoms with van der Waals surface area (Å²) in [4.78, 5) is 1.68. The van der Waals surface area contributed by atoms with Crippen LogP contribution in [-0.2, 0) is 6.54 Å². The largest absolute Gasteiger partial charge is 0.390 e. The zero-order valence-electron chi connectivity index (χ0n) is 12.3. The highest BCUT2D eigenvalue weighted by Gasteiger charge is 2.27. The minimum Gasteiger partial charge on any atom is -0.374 e. The average molecular weight is 288 g/mol. The van der Waals surface area contributed by atoms with E-state index in [2.05, 4.69) is 12.2 Å². The van der Waals surface area contributed by atoms with Gasteiger partial charge in [0.1, 0.15) is 0 Å². The van der Waals surface area contributed by atoms with E-state index in [1.165, 1.54) is 0 Å². The van der Waals surface area contributed by atoms with Crippen molar-refractivity contribution in [3.8, 4) is 0 Å². The molecule has 0 atom stereocenters. The summed E-state index contributed by atoms with van der Waals surface area (Å²) in [6, 6.07) is 5.86. The van der Waals surface area contributed by atoms with Crippen molar-refractivity contribution in [2.75, 3.05) is 25.0 Å². The van der Waals surface area contributed by atoms with Gasteiger partial charge in [0.2, 0.25) is 0 Å². The van der Waals surface area contributed by atoms with Crippen molar-refractivity contribution in [1.82, 2.24) is 5.32 Å². The molecule has 0 bridgehead atoms. The first kappa shape index (κ1) is 16.8. The van der Waals surface area contributed by atoms with Gasteiger partial charge < -0.3 is 10.2 Å². The van der Waals surface area contributed by atoms with Crippen LogP contribution in [0.25, 0.3) is 0 Å². The number of nitrogens with one attached hydrogen (secondary N) is 1. The van der Waals surface area contributed by atoms with E-state index in [1.54, 1.807) is 11.9 Å². The maximum Gasteiger partial charge on any atom is 0.390 e. The SMILES string of the molecule is CCCNCc1cc(C)ccc1N(C)CCC(F)(F)F. The Kier molecular flexibility index (Phi) is 6.33. The van der Waals surface area contributed by atoms with Gasteiger partial charge in [-0.2, -0.15) is 13.2 Å². The zero-order chi connectivity index (χ0) is 15.2. The van der Waals surface area contributed by atoms with Crippen molar-refractivity contribution in [2.24, 2.45) is 0 Å². The molecule has 1 aromatic carbocycles. The molecule has 1 aromatic rings. The lowest BCUT2D eigenvalue weighted by Gasteiger charge is -2.23. The monoisotopic (exact) mass is 288 g/mol. The molecule has 0 aromatic heterocycles. The first-order chi connectivity index (χ1) is 9.33. The lowest BCUT2D eigenvalue weighted by Crippen LogP contribution is -2.26. The zero-order valence-corrected chi connectivity index (χ0v) is 12.3. The third-order valence-electron chi connectivity index (χ3n) is 3.12. The highest BCUT2D eigenvalue weighted by molar-refractivity contribution is 5.54. The summed E-state index contributed by atoms with van der Waals surface area (Å²) >= 11 is 0. The summed E-state index contributed by atoms with van der Waals surface area (Å²) < 4.78 is 36.9. The van der Waals surface area contributed by atoms with Gasteiger partial charge in [0.05, 0.1) is 6.42 Å². The van der Waals surface area contributed by atoms with E-state index in [0.29, 0.717) is 6.54 Å². The minimum absolute atomic E-state index is 0.0205. The normalized spacial score (nSPS) is 11.7. The average Bonchev–Trinajstić information content (AvgIpc) is 2.36. The molecule has 1 rings (SSSR count). The number of rotatable bonds is 7. The first-order valence-electron chi connectivity index (χ1n) is 6.91. The minimum atomic E-state index is -4.11. The van der Waals surface area contributed by atoms with E-state index in [-0.39, 0.29) is 6.54 Å². The van der Waals surface area contributed by atoms with Crippen molar-refractivity contribution in [1.29, 1.82) is 0 Å². The Morgan fingerprint density at radius 3 is 2.55 bits per heavy atom. The Morgan fingerprint density at radius 1 is 1.25 bits per heavy atom. The number of anilines is 1.